The van der Waals surface area contributed by atoms with Crippen LogP contribution in [-0.2, 0) is 6.42 Å². The third-order valence-corrected chi connectivity index (χ3v) is 5.05. The van der Waals surface area contributed by atoms with Crippen LogP contribution >= 0.6 is 11.6 Å². The summed E-state index contributed by atoms with van der Waals surface area (Å²) in [6.07, 6.45) is 6.00. The van der Waals surface area contributed by atoms with Crippen molar-refractivity contribution < 1.29 is 9.47 Å². The molecule has 1 saturated carbocycles. The van der Waals surface area contributed by atoms with E-state index >= 15 is 0 Å². The van der Waals surface area contributed by atoms with Gasteiger partial charge in [-0.3, -0.25) is 0 Å². The van der Waals surface area contributed by atoms with E-state index in [0.717, 1.165) is 17.9 Å². The number of methoxy groups -OCH3 is 2. The number of ether oxygens (including phenoxy) is 2. The van der Waals surface area contributed by atoms with E-state index in [-0.39, 0.29) is 10.8 Å². The highest BCUT2D eigenvalue weighted by Gasteiger charge is 2.35. The van der Waals surface area contributed by atoms with Gasteiger partial charge in [0.15, 0.2) is 11.5 Å². The molecule has 1 aromatic carbocycles. The average Bonchev–Trinajstić information content (AvgIpc) is 2.87. The molecule has 0 spiro atoms. The maximum absolute atomic E-state index is 6.66. The standard InChI is InChI=1S/C16H23ClO2/c1-16(8-4-5-9-16)15(17)11-12-6-7-13(18-2)14(10-12)19-3/h6-7,10,15H,4-5,8-9,11H2,1-3H3. The maximum atomic E-state index is 6.66. The summed E-state index contributed by atoms with van der Waals surface area (Å²) in [4.78, 5) is 0. The number of alkyl halides is 1. The molecule has 2 nitrogen and oxygen atoms in total. The van der Waals surface area contributed by atoms with Crippen molar-refractivity contribution in [1.29, 1.82) is 0 Å². The second-order valence-corrected chi connectivity index (χ2v) is 6.25. The van der Waals surface area contributed by atoms with Crippen molar-refractivity contribution in [2.75, 3.05) is 14.2 Å². The van der Waals surface area contributed by atoms with E-state index in [1.807, 2.05) is 12.1 Å². The Hall–Kier alpha value is -0.890. The van der Waals surface area contributed by atoms with Gasteiger partial charge >= 0.3 is 0 Å². The molecular weight excluding hydrogens is 260 g/mol. The van der Waals surface area contributed by atoms with Gasteiger partial charge < -0.3 is 9.47 Å². The fraction of sp³-hybridized carbons (Fsp3) is 0.625. The highest BCUT2D eigenvalue weighted by molar-refractivity contribution is 6.21. The lowest BCUT2D eigenvalue weighted by atomic mass is 9.82. The average molecular weight is 283 g/mol. The normalized spacial score (nSPS) is 19.2. The van der Waals surface area contributed by atoms with Crippen molar-refractivity contribution >= 4 is 11.6 Å². The van der Waals surface area contributed by atoms with Gasteiger partial charge in [-0.15, -0.1) is 11.6 Å². The molecule has 0 N–H and O–H groups in total. The zero-order chi connectivity index (χ0) is 13.9. The second-order valence-electron chi connectivity index (χ2n) is 5.72. The first-order chi connectivity index (χ1) is 9.09. The summed E-state index contributed by atoms with van der Waals surface area (Å²) in [5.41, 5.74) is 1.50. The minimum atomic E-state index is 0.188. The van der Waals surface area contributed by atoms with E-state index in [9.17, 15) is 0 Å². The van der Waals surface area contributed by atoms with E-state index < -0.39 is 0 Å². The predicted octanol–water partition coefficient (Wildman–Crippen LogP) is 4.43. The van der Waals surface area contributed by atoms with Crippen LogP contribution in [0.4, 0.5) is 0 Å². The lowest BCUT2D eigenvalue weighted by molar-refractivity contribution is 0.315. The molecular formula is C16H23ClO2. The minimum absolute atomic E-state index is 0.188. The zero-order valence-corrected chi connectivity index (χ0v) is 12.8. The number of hydrogen-bond acceptors (Lipinski definition) is 2. The Balaban J connectivity index is 2.10. The van der Waals surface area contributed by atoms with Crippen LogP contribution in [0.1, 0.15) is 38.2 Å². The molecule has 0 bridgehead atoms. The summed E-state index contributed by atoms with van der Waals surface area (Å²) in [7, 11) is 3.32. The molecule has 2 rings (SSSR count). The Morgan fingerprint density at radius 3 is 2.37 bits per heavy atom. The quantitative estimate of drug-likeness (QED) is 0.744. The lowest BCUT2D eigenvalue weighted by Gasteiger charge is -2.29. The van der Waals surface area contributed by atoms with Crippen molar-refractivity contribution in [2.45, 2.75) is 44.4 Å². The van der Waals surface area contributed by atoms with Crippen LogP contribution in [0.5, 0.6) is 11.5 Å². The first-order valence-corrected chi connectivity index (χ1v) is 7.38. The van der Waals surface area contributed by atoms with Crippen LogP contribution < -0.4 is 9.47 Å². The fourth-order valence-corrected chi connectivity index (χ4v) is 3.35. The van der Waals surface area contributed by atoms with Gasteiger partial charge in [0, 0.05) is 5.38 Å². The highest BCUT2D eigenvalue weighted by Crippen LogP contribution is 2.44. The smallest absolute Gasteiger partial charge is 0.160 e. The minimum Gasteiger partial charge on any atom is -0.493 e. The third-order valence-electron chi connectivity index (χ3n) is 4.36. The Morgan fingerprint density at radius 2 is 1.79 bits per heavy atom. The molecule has 1 aromatic rings. The Kier molecular flexibility index (Phi) is 4.62. The molecule has 0 saturated heterocycles. The number of halogens is 1. The maximum Gasteiger partial charge on any atom is 0.160 e. The lowest BCUT2D eigenvalue weighted by Crippen LogP contribution is -2.26. The monoisotopic (exact) mass is 282 g/mol. The predicted molar refractivity (Wildman–Crippen MR) is 79.5 cm³/mol. The molecule has 1 atom stereocenters. The summed E-state index contributed by atoms with van der Waals surface area (Å²) in [6.45, 7) is 2.32. The third kappa shape index (κ3) is 3.17. The van der Waals surface area contributed by atoms with Gasteiger partial charge in [0.05, 0.1) is 14.2 Å². The Labute approximate surface area is 121 Å². The summed E-state index contributed by atoms with van der Waals surface area (Å²) in [5, 5.41) is 0.188. The van der Waals surface area contributed by atoms with Gasteiger partial charge in [0.2, 0.25) is 0 Å². The first-order valence-electron chi connectivity index (χ1n) is 6.94. The zero-order valence-electron chi connectivity index (χ0n) is 12.0. The molecule has 0 amide bonds. The highest BCUT2D eigenvalue weighted by atomic mass is 35.5. The molecule has 0 aliphatic heterocycles. The largest absolute Gasteiger partial charge is 0.493 e. The van der Waals surface area contributed by atoms with Gasteiger partial charge in [-0.1, -0.05) is 25.8 Å². The van der Waals surface area contributed by atoms with E-state index in [2.05, 4.69) is 13.0 Å². The van der Waals surface area contributed by atoms with Gasteiger partial charge in [-0.05, 0) is 42.4 Å². The molecule has 0 aromatic heterocycles. The molecule has 1 fully saturated rings. The molecule has 106 valence electrons. The molecule has 1 aliphatic rings. The number of hydrogen-bond donors (Lipinski definition) is 0. The van der Waals surface area contributed by atoms with Gasteiger partial charge in [-0.2, -0.15) is 0 Å². The van der Waals surface area contributed by atoms with Crippen LogP contribution in [0.2, 0.25) is 0 Å². The van der Waals surface area contributed by atoms with E-state index in [1.54, 1.807) is 14.2 Å². The molecule has 0 radical (unpaired) electrons. The Morgan fingerprint density at radius 1 is 1.16 bits per heavy atom. The van der Waals surface area contributed by atoms with Crippen LogP contribution in [0.25, 0.3) is 0 Å². The van der Waals surface area contributed by atoms with Crippen LogP contribution in [0.15, 0.2) is 18.2 Å². The van der Waals surface area contributed by atoms with Gasteiger partial charge in [0.1, 0.15) is 0 Å². The van der Waals surface area contributed by atoms with Crippen molar-refractivity contribution in [3.63, 3.8) is 0 Å². The molecule has 1 aliphatic carbocycles. The summed E-state index contributed by atoms with van der Waals surface area (Å²) in [5.74, 6) is 1.55. The number of benzene rings is 1. The van der Waals surface area contributed by atoms with E-state index in [0.29, 0.717) is 0 Å². The van der Waals surface area contributed by atoms with E-state index in [1.165, 1.54) is 31.2 Å². The van der Waals surface area contributed by atoms with Crippen molar-refractivity contribution in [3.8, 4) is 11.5 Å². The van der Waals surface area contributed by atoms with Crippen LogP contribution in [0, 0.1) is 5.41 Å². The summed E-state index contributed by atoms with van der Waals surface area (Å²) in [6, 6.07) is 6.07. The molecule has 1 unspecified atom stereocenters. The fourth-order valence-electron chi connectivity index (χ4n) is 2.96. The van der Waals surface area contributed by atoms with Crippen molar-refractivity contribution in [1.82, 2.24) is 0 Å². The first kappa shape index (κ1) is 14.5. The summed E-state index contributed by atoms with van der Waals surface area (Å²) < 4.78 is 10.6. The summed E-state index contributed by atoms with van der Waals surface area (Å²) >= 11 is 6.66. The SMILES string of the molecule is COc1ccc(CC(Cl)C2(C)CCCC2)cc1OC. The van der Waals surface area contributed by atoms with Crippen LogP contribution in [-0.4, -0.2) is 19.6 Å². The second kappa shape index (κ2) is 6.04. The van der Waals surface area contributed by atoms with Crippen molar-refractivity contribution in [3.05, 3.63) is 23.8 Å². The Bertz CT molecular complexity index is 425. The van der Waals surface area contributed by atoms with Crippen LogP contribution in [0.3, 0.4) is 0 Å². The van der Waals surface area contributed by atoms with Gasteiger partial charge in [0.25, 0.3) is 0 Å². The molecule has 0 heterocycles. The topological polar surface area (TPSA) is 18.5 Å². The molecule has 19 heavy (non-hydrogen) atoms. The van der Waals surface area contributed by atoms with Gasteiger partial charge in [-0.25, -0.2) is 0 Å². The van der Waals surface area contributed by atoms with E-state index in [4.69, 9.17) is 21.1 Å². The molecule has 3 heteroatoms. The number of rotatable bonds is 5. The van der Waals surface area contributed by atoms with Crippen molar-refractivity contribution in [2.24, 2.45) is 5.41 Å².